The summed E-state index contributed by atoms with van der Waals surface area (Å²) in [7, 11) is 0. The Bertz CT molecular complexity index is 919. The first kappa shape index (κ1) is 21.1. The van der Waals surface area contributed by atoms with Gasteiger partial charge in [0.05, 0.1) is 10.7 Å². The van der Waals surface area contributed by atoms with Crippen molar-refractivity contribution in [3.05, 3.63) is 58.9 Å². The van der Waals surface area contributed by atoms with Crippen molar-refractivity contribution in [2.24, 2.45) is 5.41 Å². The second-order valence-corrected chi connectivity index (χ2v) is 8.57. The van der Waals surface area contributed by atoms with Crippen LogP contribution in [-0.4, -0.2) is 42.9 Å². The second-order valence-electron chi connectivity index (χ2n) is 8.16. The van der Waals surface area contributed by atoms with Crippen molar-refractivity contribution in [3.63, 3.8) is 0 Å². The van der Waals surface area contributed by atoms with E-state index in [-0.39, 0.29) is 11.8 Å². The fourth-order valence-corrected chi connectivity index (χ4v) is 3.41. The summed E-state index contributed by atoms with van der Waals surface area (Å²) in [5, 5.41) is 3.42. The Morgan fingerprint density at radius 1 is 1.03 bits per heavy atom. The van der Waals surface area contributed by atoms with Crippen molar-refractivity contribution in [1.29, 1.82) is 0 Å². The van der Waals surface area contributed by atoms with E-state index < -0.39 is 11.2 Å². The summed E-state index contributed by atoms with van der Waals surface area (Å²) in [6.45, 7) is 7.83. The lowest BCUT2D eigenvalue weighted by atomic mass is 9.95. The lowest BCUT2D eigenvalue weighted by molar-refractivity contribution is -0.123. The van der Waals surface area contributed by atoms with Gasteiger partial charge in [0, 0.05) is 42.8 Å². The molecule has 0 spiro atoms. The molecule has 2 amide bonds. The quantitative estimate of drug-likeness (QED) is 0.803. The molecule has 2 aromatic rings. The maximum atomic E-state index is 13.4. The number of carbonyl (C=O) groups excluding carboxylic acids is 2. The van der Waals surface area contributed by atoms with Gasteiger partial charge in [0.1, 0.15) is 5.82 Å². The molecule has 0 radical (unpaired) electrons. The molecule has 0 aliphatic carbocycles. The number of rotatable bonds is 3. The van der Waals surface area contributed by atoms with Gasteiger partial charge >= 0.3 is 0 Å². The summed E-state index contributed by atoms with van der Waals surface area (Å²) in [5.74, 6) is -0.666. The summed E-state index contributed by atoms with van der Waals surface area (Å²) >= 11 is 6.46. The minimum Gasteiger partial charge on any atom is -0.367 e. The number of benzene rings is 2. The maximum Gasteiger partial charge on any atom is 0.254 e. The highest BCUT2D eigenvalue weighted by atomic mass is 35.5. The number of piperazine rings is 1. The molecule has 0 bridgehead atoms. The predicted octanol–water partition coefficient (Wildman–Crippen LogP) is 4.43. The molecule has 3 rings (SSSR count). The first-order chi connectivity index (χ1) is 13.6. The van der Waals surface area contributed by atoms with Gasteiger partial charge in [0.15, 0.2) is 0 Å². The fraction of sp³-hybridized carbons (Fsp3) is 0.364. The van der Waals surface area contributed by atoms with Gasteiger partial charge in [-0.1, -0.05) is 38.4 Å². The molecule has 1 aliphatic heterocycles. The first-order valence-electron chi connectivity index (χ1n) is 9.56. The van der Waals surface area contributed by atoms with Gasteiger partial charge in [-0.15, -0.1) is 0 Å². The summed E-state index contributed by atoms with van der Waals surface area (Å²) in [4.78, 5) is 28.5. The van der Waals surface area contributed by atoms with Gasteiger partial charge in [-0.25, -0.2) is 4.39 Å². The van der Waals surface area contributed by atoms with E-state index in [9.17, 15) is 14.0 Å². The van der Waals surface area contributed by atoms with Crippen LogP contribution in [0.25, 0.3) is 0 Å². The number of hydrogen-bond donors (Lipinski definition) is 1. The largest absolute Gasteiger partial charge is 0.367 e. The van der Waals surface area contributed by atoms with Crippen LogP contribution in [-0.2, 0) is 4.79 Å². The van der Waals surface area contributed by atoms with E-state index in [0.717, 1.165) is 5.69 Å². The van der Waals surface area contributed by atoms with Crippen LogP contribution in [0.5, 0.6) is 0 Å². The lowest BCUT2D eigenvalue weighted by Crippen LogP contribution is -2.48. The third-order valence-electron chi connectivity index (χ3n) is 4.87. The van der Waals surface area contributed by atoms with Crippen LogP contribution < -0.4 is 10.2 Å². The summed E-state index contributed by atoms with van der Waals surface area (Å²) in [6, 6.07) is 11.2. The van der Waals surface area contributed by atoms with Crippen molar-refractivity contribution < 1.29 is 14.0 Å². The SMILES string of the molecule is CC(C)(C)C(=O)Nc1ccc(N2CCN(C(=O)c3cccc(F)c3)CC2)c(Cl)c1. The van der Waals surface area contributed by atoms with Crippen molar-refractivity contribution in [1.82, 2.24) is 4.90 Å². The topological polar surface area (TPSA) is 52.7 Å². The monoisotopic (exact) mass is 417 g/mol. The Morgan fingerprint density at radius 3 is 2.31 bits per heavy atom. The average molecular weight is 418 g/mol. The molecule has 1 aliphatic rings. The van der Waals surface area contributed by atoms with E-state index in [1.165, 1.54) is 12.1 Å². The van der Waals surface area contributed by atoms with Gasteiger partial charge in [0.2, 0.25) is 5.91 Å². The van der Waals surface area contributed by atoms with Crippen LogP contribution >= 0.6 is 11.6 Å². The van der Waals surface area contributed by atoms with E-state index in [1.54, 1.807) is 23.1 Å². The maximum absolute atomic E-state index is 13.4. The third-order valence-corrected chi connectivity index (χ3v) is 5.17. The molecule has 2 aromatic carbocycles. The van der Waals surface area contributed by atoms with Crippen molar-refractivity contribution >= 4 is 34.8 Å². The van der Waals surface area contributed by atoms with Gasteiger partial charge < -0.3 is 15.1 Å². The van der Waals surface area contributed by atoms with Gasteiger partial charge in [0.25, 0.3) is 5.91 Å². The highest BCUT2D eigenvalue weighted by molar-refractivity contribution is 6.33. The van der Waals surface area contributed by atoms with E-state index in [0.29, 0.717) is 42.5 Å². The summed E-state index contributed by atoms with van der Waals surface area (Å²) in [5.41, 5.74) is 1.38. The van der Waals surface area contributed by atoms with E-state index in [1.807, 2.05) is 32.9 Å². The standard InChI is InChI=1S/C22H25ClFN3O2/c1-22(2,3)21(29)25-17-7-8-19(18(23)14-17)26-9-11-27(12-10-26)20(28)15-5-4-6-16(24)13-15/h4-8,13-14H,9-12H2,1-3H3,(H,25,29). The zero-order valence-corrected chi connectivity index (χ0v) is 17.6. The first-order valence-corrected chi connectivity index (χ1v) is 9.94. The van der Waals surface area contributed by atoms with Crippen LogP contribution in [0.15, 0.2) is 42.5 Å². The average Bonchev–Trinajstić information content (AvgIpc) is 2.67. The minimum atomic E-state index is -0.490. The Kier molecular flexibility index (Phi) is 6.13. The molecule has 1 fully saturated rings. The number of hydrogen-bond acceptors (Lipinski definition) is 3. The molecular formula is C22H25ClFN3O2. The smallest absolute Gasteiger partial charge is 0.254 e. The molecule has 0 saturated carbocycles. The molecule has 154 valence electrons. The number of carbonyl (C=O) groups is 2. The van der Waals surface area contributed by atoms with Crippen LogP contribution in [0.2, 0.25) is 5.02 Å². The molecule has 1 N–H and O–H groups in total. The molecule has 7 heteroatoms. The van der Waals surface area contributed by atoms with Gasteiger partial charge in [-0.3, -0.25) is 9.59 Å². The second kappa shape index (κ2) is 8.41. The third kappa shape index (κ3) is 5.07. The van der Waals surface area contributed by atoms with Gasteiger partial charge in [-0.2, -0.15) is 0 Å². The number of nitrogens with one attached hydrogen (secondary N) is 1. The Labute approximate surface area is 175 Å². The molecule has 0 aromatic heterocycles. The Hall–Kier alpha value is -2.60. The zero-order chi connectivity index (χ0) is 21.2. The molecule has 0 atom stereocenters. The summed E-state index contributed by atoms with van der Waals surface area (Å²) in [6.07, 6.45) is 0. The molecular weight excluding hydrogens is 393 g/mol. The van der Waals surface area contributed by atoms with E-state index >= 15 is 0 Å². The van der Waals surface area contributed by atoms with Crippen molar-refractivity contribution in [2.45, 2.75) is 20.8 Å². The highest BCUT2D eigenvalue weighted by Gasteiger charge is 2.24. The Balaban J connectivity index is 1.63. The lowest BCUT2D eigenvalue weighted by Gasteiger charge is -2.36. The number of amides is 2. The molecule has 0 unspecified atom stereocenters. The fourth-order valence-electron chi connectivity index (χ4n) is 3.11. The van der Waals surface area contributed by atoms with Crippen molar-refractivity contribution in [2.75, 3.05) is 36.4 Å². The zero-order valence-electron chi connectivity index (χ0n) is 16.8. The molecule has 29 heavy (non-hydrogen) atoms. The number of nitrogens with zero attached hydrogens (tertiary/aromatic N) is 2. The van der Waals surface area contributed by atoms with Gasteiger partial charge in [-0.05, 0) is 36.4 Å². The van der Waals surface area contributed by atoms with Crippen LogP contribution in [0.3, 0.4) is 0 Å². The minimum absolute atomic E-state index is 0.0780. The summed E-state index contributed by atoms with van der Waals surface area (Å²) < 4.78 is 13.4. The molecule has 1 saturated heterocycles. The Morgan fingerprint density at radius 2 is 1.72 bits per heavy atom. The number of anilines is 2. The molecule has 5 nitrogen and oxygen atoms in total. The highest BCUT2D eigenvalue weighted by Crippen LogP contribution is 2.30. The van der Waals surface area contributed by atoms with E-state index in [4.69, 9.17) is 11.6 Å². The van der Waals surface area contributed by atoms with Crippen LogP contribution in [0, 0.1) is 11.2 Å². The van der Waals surface area contributed by atoms with Crippen LogP contribution in [0.4, 0.5) is 15.8 Å². The molecule has 1 heterocycles. The van der Waals surface area contributed by atoms with Crippen molar-refractivity contribution in [3.8, 4) is 0 Å². The van der Waals surface area contributed by atoms with E-state index in [2.05, 4.69) is 10.2 Å². The predicted molar refractivity (Wildman–Crippen MR) is 114 cm³/mol. The normalized spacial score (nSPS) is 14.7. The number of halogens is 2. The van der Waals surface area contributed by atoms with Crippen LogP contribution in [0.1, 0.15) is 31.1 Å².